The Labute approximate surface area is 211 Å². The second kappa shape index (κ2) is 9.30. The molecule has 0 aromatic heterocycles. The summed E-state index contributed by atoms with van der Waals surface area (Å²) in [6.45, 7) is 0.342. The lowest BCUT2D eigenvalue weighted by molar-refractivity contribution is 0.0537. The minimum atomic E-state index is -0.336. The van der Waals surface area contributed by atoms with Crippen LogP contribution in [0, 0.1) is 0 Å². The van der Waals surface area contributed by atoms with Gasteiger partial charge in [0.2, 0.25) is 0 Å². The number of piperidine rings is 1. The van der Waals surface area contributed by atoms with Gasteiger partial charge in [0.15, 0.2) is 0 Å². The molecule has 1 fully saturated rings. The summed E-state index contributed by atoms with van der Waals surface area (Å²) in [5.74, 6) is -0.275. The number of nitrogens with zero attached hydrogens (tertiary/aromatic N) is 1. The predicted molar refractivity (Wildman–Crippen MR) is 139 cm³/mol. The number of methoxy groups -OCH3 is 1. The Morgan fingerprint density at radius 3 is 2.19 bits per heavy atom. The molecule has 2 atom stereocenters. The van der Waals surface area contributed by atoms with Crippen LogP contribution in [0.1, 0.15) is 58.6 Å². The van der Waals surface area contributed by atoms with E-state index in [2.05, 4.69) is 54.6 Å². The highest BCUT2D eigenvalue weighted by atomic mass is 16.6. The zero-order chi connectivity index (χ0) is 24.6. The molecule has 1 aliphatic carbocycles. The van der Waals surface area contributed by atoms with Gasteiger partial charge in [-0.1, -0.05) is 66.7 Å². The maximum absolute atomic E-state index is 13.4. The van der Waals surface area contributed by atoms with Crippen LogP contribution in [0.25, 0.3) is 16.7 Å². The highest BCUT2D eigenvalue weighted by molar-refractivity contribution is 5.90. The molecule has 1 saturated heterocycles. The van der Waals surface area contributed by atoms with Crippen LogP contribution in [0.2, 0.25) is 0 Å². The summed E-state index contributed by atoms with van der Waals surface area (Å²) in [7, 11) is 1.39. The lowest BCUT2D eigenvalue weighted by Gasteiger charge is -2.44. The van der Waals surface area contributed by atoms with Crippen LogP contribution in [0.4, 0.5) is 4.79 Å². The van der Waals surface area contributed by atoms with Gasteiger partial charge in [0.05, 0.1) is 18.7 Å². The van der Waals surface area contributed by atoms with Crippen molar-refractivity contribution in [2.24, 2.45) is 0 Å². The van der Waals surface area contributed by atoms with E-state index in [4.69, 9.17) is 9.47 Å². The SMILES string of the molecule is COC(=O)c1ccc(C2=CC3CCCC(C2)N3C(=O)OCC2c3ccccc3-c3ccccc32)cc1. The number of hydrogen-bond donors (Lipinski definition) is 0. The highest BCUT2D eigenvalue weighted by Gasteiger charge is 2.39. The van der Waals surface area contributed by atoms with Crippen LogP contribution in [-0.4, -0.2) is 42.8 Å². The fraction of sp³-hybridized carbons (Fsp3) is 0.290. The molecule has 3 aliphatic rings. The summed E-state index contributed by atoms with van der Waals surface area (Å²) in [5, 5.41) is 0. The molecule has 2 bridgehead atoms. The van der Waals surface area contributed by atoms with Gasteiger partial charge in [0, 0.05) is 12.0 Å². The van der Waals surface area contributed by atoms with Gasteiger partial charge in [-0.3, -0.25) is 4.90 Å². The van der Waals surface area contributed by atoms with Crippen LogP contribution in [0.15, 0.2) is 78.9 Å². The van der Waals surface area contributed by atoms with Crippen LogP contribution in [-0.2, 0) is 9.47 Å². The molecule has 0 saturated carbocycles. The van der Waals surface area contributed by atoms with Gasteiger partial charge in [0.1, 0.15) is 6.61 Å². The van der Waals surface area contributed by atoms with Crippen molar-refractivity contribution in [1.82, 2.24) is 4.90 Å². The Morgan fingerprint density at radius 1 is 0.889 bits per heavy atom. The molecule has 3 aromatic rings. The molecule has 182 valence electrons. The number of amides is 1. The highest BCUT2D eigenvalue weighted by Crippen LogP contribution is 2.45. The summed E-state index contributed by atoms with van der Waals surface area (Å²) < 4.78 is 10.8. The lowest BCUT2D eigenvalue weighted by Crippen LogP contribution is -2.51. The first-order valence-corrected chi connectivity index (χ1v) is 12.7. The van der Waals surface area contributed by atoms with E-state index in [-0.39, 0.29) is 30.1 Å². The van der Waals surface area contributed by atoms with E-state index in [1.165, 1.54) is 34.9 Å². The summed E-state index contributed by atoms with van der Waals surface area (Å²) in [4.78, 5) is 27.1. The normalized spacial score (nSPS) is 20.2. The zero-order valence-corrected chi connectivity index (χ0v) is 20.4. The van der Waals surface area contributed by atoms with Gasteiger partial charge in [-0.15, -0.1) is 0 Å². The monoisotopic (exact) mass is 479 g/mol. The summed E-state index contributed by atoms with van der Waals surface area (Å²) in [5.41, 5.74) is 7.77. The summed E-state index contributed by atoms with van der Waals surface area (Å²) in [6.07, 6.45) is 5.79. The molecule has 2 unspecified atom stereocenters. The van der Waals surface area contributed by atoms with Gasteiger partial charge in [0.25, 0.3) is 0 Å². The molecule has 2 aliphatic heterocycles. The Morgan fingerprint density at radius 2 is 1.56 bits per heavy atom. The molecule has 0 spiro atoms. The van der Waals surface area contributed by atoms with Crippen molar-refractivity contribution in [1.29, 1.82) is 0 Å². The molecule has 5 nitrogen and oxygen atoms in total. The van der Waals surface area contributed by atoms with E-state index in [9.17, 15) is 9.59 Å². The zero-order valence-electron chi connectivity index (χ0n) is 20.4. The van der Waals surface area contributed by atoms with Gasteiger partial charge in [-0.2, -0.15) is 0 Å². The molecule has 2 heterocycles. The standard InChI is InChI=1S/C31H29NO4/c1-35-30(33)21-15-13-20(14-16-21)22-17-23-7-6-8-24(18-22)32(23)31(34)36-19-29-27-11-4-2-9-25(27)26-10-3-5-12-28(26)29/h2-5,9-17,23-24,29H,6-8,18-19H2,1H3. The van der Waals surface area contributed by atoms with Gasteiger partial charge < -0.3 is 9.47 Å². The lowest BCUT2D eigenvalue weighted by atomic mass is 9.83. The van der Waals surface area contributed by atoms with Crippen LogP contribution >= 0.6 is 0 Å². The topological polar surface area (TPSA) is 55.8 Å². The van der Waals surface area contributed by atoms with Gasteiger partial charge in [-0.25, -0.2) is 9.59 Å². The smallest absolute Gasteiger partial charge is 0.410 e. The van der Waals surface area contributed by atoms with Crippen molar-refractivity contribution < 1.29 is 19.1 Å². The molecule has 1 amide bonds. The van der Waals surface area contributed by atoms with Crippen molar-refractivity contribution in [3.8, 4) is 11.1 Å². The minimum Gasteiger partial charge on any atom is -0.465 e. The molecule has 0 radical (unpaired) electrons. The molecular formula is C31H29NO4. The van der Waals surface area contributed by atoms with Gasteiger partial charge >= 0.3 is 12.1 Å². The van der Waals surface area contributed by atoms with Crippen molar-refractivity contribution in [2.75, 3.05) is 13.7 Å². The van der Waals surface area contributed by atoms with Crippen molar-refractivity contribution in [3.05, 3.63) is 101 Å². The maximum Gasteiger partial charge on any atom is 0.410 e. The number of hydrogen-bond acceptors (Lipinski definition) is 4. The number of esters is 1. The molecular weight excluding hydrogens is 450 g/mol. The quantitative estimate of drug-likeness (QED) is 0.405. The van der Waals surface area contributed by atoms with E-state index >= 15 is 0 Å². The molecule has 0 N–H and O–H groups in total. The van der Waals surface area contributed by atoms with Crippen LogP contribution < -0.4 is 0 Å². The molecule has 36 heavy (non-hydrogen) atoms. The first-order chi connectivity index (χ1) is 17.6. The minimum absolute atomic E-state index is 0.0310. The first kappa shape index (κ1) is 22.6. The Kier molecular flexibility index (Phi) is 5.84. The summed E-state index contributed by atoms with van der Waals surface area (Å²) in [6, 6.07) is 24.5. The van der Waals surface area contributed by atoms with E-state index in [1.54, 1.807) is 12.1 Å². The Hall–Kier alpha value is -3.86. The largest absolute Gasteiger partial charge is 0.465 e. The first-order valence-electron chi connectivity index (χ1n) is 12.7. The Balaban J connectivity index is 1.19. The van der Waals surface area contributed by atoms with E-state index in [0.717, 1.165) is 31.2 Å². The van der Waals surface area contributed by atoms with E-state index < -0.39 is 0 Å². The average Bonchev–Trinajstić information content (AvgIpc) is 3.24. The maximum atomic E-state index is 13.4. The number of benzene rings is 3. The molecule has 6 rings (SSSR count). The number of fused-ring (bicyclic) bond motifs is 5. The van der Waals surface area contributed by atoms with E-state index in [0.29, 0.717) is 12.2 Å². The predicted octanol–water partition coefficient (Wildman–Crippen LogP) is 6.43. The molecule has 3 aromatic carbocycles. The third-order valence-corrected chi connectivity index (χ3v) is 7.86. The second-order valence-corrected chi connectivity index (χ2v) is 9.83. The Bertz CT molecular complexity index is 1300. The second-order valence-electron chi connectivity index (χ2n) is 9.83. The van der Waals surface area contributed by atoms with Gasteiger partial charge in [-0.05, 0) is 71.2 Å². The number of carbonyl (C=O) groups excluding carboxylic acids is 2. The van der Waals surface area contributed by atoms with Crippen molar-refractivity contribution >= 4 is 17.6 Å². The fourth-order valence-electron chi connectivity index (χ4n) is 6.14. The van der Waals surface area contributed by atoms with E-state index in [1.807, 2.05) is 17.0 Å². The number of ether oxygens (including phenoxy) is 2. The van der Waals surface area contributed by atoms with Crippen LogP contribution in [0.5, 0.6) is 0 Å². The van der Waals surface area contributed by atoms with Crippen molar-refractivity contribution in [3.63, 3.8) is 0 Å². The number of carbonyl (C=O) groups is 2. The molecule has 5 heteroatoms. The van der Waals surface area contributed by atoms with Crippen LogP contribution in [0.3, 0.4) is 0 Å². The third kappa shape index (κ3) is 3.89. The summed E-state index contributed by atoms with van der Waals surface area (Å²) >= 11 is 0. The fourth-order valence-corrected chi connectivity index (χ4v) is 6.14. The van der Waals surface area contributed by atoms with Crippen molar-refractivity contribution in [2.45, 2.75) is 43.7 Å². The number of rotatable bonds is 4. The third-order valence-electron chi connectivity index (χ3n) is 7.86. The average molecular weight is 480 g/mol.